The van der Waals surface area contributed by atoms with E-state index in [-0.39, 0.29) is 0 Å². The third-order valence-corrected chi connectivity index (χ3v) is 5.36. The van der Waals surface area contributed by atoms with E-state index in [1.165, 1.54) is 17.5 Å². The Labute approximate surface area is 150 Å². The van der Waals surface area contributed by atoms with Crippen molar-refractivity contribution in [2.75, 3.05) is 19.7 Å². The van der Waals surface area contributed by atoms with E-state index in [4.69, 9.17) is 4.74 Å². The maximum atomic E-state index is 6.10. The third kappa shape index (κ3) is 3.75. The molecule has 0 radical (unpaired) electrons. The van der Waals surface area contributed by atoms with Crippen LogP contribution in [0.4, 0.5) is 0 Å². The molecule has 0 bridgehead atoms. The Kier molecular flexibility index (Phi) is 4.57. The minimum atomic E-state index is 0.373. The van der Waals surface area contributed by atoms with E-state index in [0.717, 1.165) is 38.5 Å². The van der Waals surface area contributed by atoms with Crippen LogP contribution in [0.15, 0.2) is 42.7 Å². The van der Waals surface area contributed by atoms with Crippen LogP contribution < -0.4 is 0 Å². The number of aromatic nitrogens is 2. The summed E-state index contributed by atoms with van der Waals surface area (Å²) in [6.45, 7) is 8.36. The Balaban J connectivity index is 1.27. The average Bonchev–Trinajstić information content (AvgIpc) is 3.00. The zero-order chi connectivity index (χ0) is 17.3. The van der Waals surface area contributed by atoms with Gasteiger partial charge in [0.2, 0.25) is 0 Å². The zero-order valence-electron chi connectivity index (χ0n) is 15.2. The van der Waals surface area contributed by atoms with E-state index in [1.54, 1.807) is 0 Å². The van der Waals surface area contributed by atoms with Crippen LogP contribution in [0, 0.1) is 5.41 Å². The molecule has 1 aromatic carbocycles. The molecule has 0 saturated carbocycles. The van der Waals surface area contributed by atoms with Crippen LogP contribution in [-0.2, 0) is 17.7 Å². The Morgan fingerprint density at radius 3 is 2.52 bits per heavy atom. The third-order valence-electron chi connectivity index (χ3n) is 5.36. The minimum Gasteiger partial charge on any atom is -0.377 e. The van der Waals surface area contributed by atoms with Crippen molar-refractivity contribution in [3.05, 3.63) is 59.7 Å². The highest BCUT2D eigenvalue weighted by Crippen LogP contribution is 2.42. The first-order chi connectivity index (χ1) is 12.1. The van der Waals surface area contributed by atoms with Gasteiger partial charge >= 0.3 is 0 Å². The van der Waals surface area contributed by atoms with Crippen molar-refractivity contribution in [1.82, 2.24) is 14.9 Å². The number of rotatable bonds is 5. The van der Waals surface area contributed by atoms with Gasteiger partial charge in [-0.1, -0.05) is 44.2 Å². The van der Waals surface area contributed by atoms with Gasteiger partial charge in [-0.3, -0.25) is 4.90 Å². The standard InChI is InChI=1S/C21H27N3O/c1-16(2)20-22-10-18(11-23-20)12-24-13-21(14-24)9-19(25-15-21)8-17-6-4-3-5-7-17/h3-7,10-11,16,19H,8-9,12-15H2,1-2H3. The van der Waals surface area contributed by atoms with E-state index < -0.39 is 0 Å². The predicted octanol–water partition coefficient (Wildman–Crippen LogP) is 3.43. The van der Waals surface area contributed by atoms with Crippen molar-refractivity contribution in [2.45, 2.75) is 45.3 Å². The monoisotopic (exact) mass is 337 g/mol. The molecule has 1 atom stereocenters. The molecule has 4 nitrogen and oxygen atoms in total. The lowest BCUT2D eigenvalue weighted by Gasteiger charge is -2.47. The predicted molar refractivity (Wildman–Crippen MR) is 98.3 cm³/mol. The summed E-state index contributed by atoms with van der Waals surface area (Å²) in [5.74, 6) is 1.32. The molecular formula is C21H27N3O. The lowest BCUT2D eigenvalue weighted by molar-refractivity contribution is -0.0141. The van der Waals surface area contributed by atoms with Gasteiger partial charge in [0.1, 0.15) is 5.82 Å². The number of ether oxygens (including phenoxy) is 1. The molecule has 3 heterocycles. The van der Waals surface area contributed by atoms with Crippen LogP contribution in [0.25, 0.3) is 0 Å². The van der Waals surface area contributed by atoms with Crippen molar-refractivity contribution in [1.29, 1.82) is 0 Å². The number of nitrogens with zero attached hydrogens (tertiary/aromatic N) is 3. The zero-order valence-corrected chi connectivity index (χ0v) is 15.2. The highest BCUT2D eigenvalue weighted by Gasteiger charge is 2.48. The first kappa shape index (κ1) is 16.7. The van der Waals surface area contributed by atoms with Gasteiger partial charge in [-0.25, -0.2) is 9.97 Å². The van der Waals surface area contributed by atoms with E-state index in [9.17, 15) is 0 Å². The maximum Gasteiger partial charge on any atom is 0.130 e. The molecule has 0 aliphatic carbocycles. The van der Waals surface area contributed by atoms with E-state index in [2.05, 4.69) is 59.0 Å². The summed E-state index contributed by atoms with van der Waals surface area (Å²) in [6.07, 6.45) is 6.56. The van der Waals surface area contributed by atoms with E-state index in [0.29, 0.717) is 17.4 Å². The lowest BCUT2D eigenvalue weighted by atomic mass is 9.77. The van der Waals surface area contributed by atoms with Crippen LogP contribution in [0.3, 0.4) is 0 Å². The molecule has 2 aliphatic rings. The van der Waals surface area contributed by atoms with E-state index in [1.807, 2.05) is 12.4 Å². The van der Waals surface area contributed by atoms with Crippen molar-refractivity contribution in [2.24, 2.45) is 5.41 Å². The summed E-state index contributed by atoms with van der Waals surface area (Å²) in [7, 11) is 0. The highest BCUT2D eigenvalue weighted by molar-refractivity contribution is 5.17. The van der Waals surface area contributed by atoms with Gasteiger partial charge in [-0.2, -0.15) is 0 Å². The average molecular weight is 337 g/mol. The molecular weight excluding hydrogens is 310 g/mol. The van der Waals surface area contributed by atoms with Crippen molar-refractivity contribution >= 4 is 0 Å². The molecule has 4 rings (SSSR count). The molecule has 2 fully saturated rings. The highest BCUT2D eigenvalue weighted by atomic mass is 16.5. The molecule has 1 aromatic heterocycles. The second kappa shape index (κ2) is 6.85. The SMILES string of the molecule is CC(C)c1ncc(CN2CC3(COC(Cc4ccccc4)C3)C2)cn1. The summed E-state index contributed by atoms with van der Waals surface area (Å²) in [5, 5.41) is 0. The number of hydrogen-bond acceptors (Lipinski definition) is 4. The lowest BCUT2D eigenvalue weighted by Crippen LogP contribution is -2.56. The number of hydrogen-bond donors (Lipinski definition) is 0. The molecule has 2 saturated heterocycles. The Bertz CT molecular complexity index is 693. The van der Waals surface area contributed by atoms with Gasteiger partial charge in [0.15, 0.2) is 0 Å². The fourth-order valence-corrected chi connectivity index (χ4v) is 4.14. The fraction of sp³-hybridized carbons (Fsp3) is 0.524. The molecule has 2 aliphatic heterocycles. The van der Waals surface area contributed by atoms with Crippen LogP contribution in [0.5, 0.6) is 0 Å². The second-order valence-electron chi connectivity index (χ2n) is 8.08. The van der Waals surface area contributed by atoms with Gasteiger partial charge < -0.3 is 4.74 Å². The fourth-order valence-electron chi connectivity index (χ4n) is 4.14. The molecule has 25 heavy (non-hydrogen) atoms. The van der Waals surface area contributed by atoms with Crippen molar-refractivity contribution in [3.8, 4) is 0 Å². The largest absolute Gasteiger partial charge is 0.377 e. The summed E-state index contributed by atoms with van der Waals surface area (Å²) >= 11 is 0. The first-order valence-corrected chi connectivity index (χ1v) is 9.31. The Morgan fingerprint density at radius 1 is 1.12 bits per heavy atom. The van der Waals surface area contributed by atoms with Crippen molar-refractivity contribution in [3.63, 3.8) is 0 Å². The minimum absolute atomic E-state index is 0.373. The summed E-state index contributed by atoms with van der Waals surface area (Å²) in [5.41, 5.74) is 2.96. The van der Waals surface area contributed by atoms with Gasteiger partial charge in [0.05, 0.1) is 12.7 Å². The molecule has 2 aromatic rings. The first-order valence-electron chi connectivity index (χ1n) is 9.31. The van der Waals surface area contributed by atoms with Crippen LogP contribution in [0.1, 0.15) is 43.1 Å². The van der Waals surface area contributed by atoms with Crippen LogP contribution >= 0.6 is 0 Å². The van der Waals surface area contributed by atoms with Gasteiger partial charge in [-0.15, -0.1) is 0 Å². The summed E-state index contributed by atoms with van der Waals surface area (Å²) < 4.78 is 6.10. The van der Waals surface area contributed by atoms with Crippen molar-refractivity contribution < 1.29 is 4.74 Å². The number of likely N-dealkylation sites (tertiary alicyclic amines) is 1. The van der Waals surface area contributed by atoms with Crippen LogP contribution in [-0.4, -0.2) is 40.7 Å². The van der Waals surface area contributed by atoms with E-state index >= 15 is 0 Å². The summed E-state index contributed by atoms with van der Waals surface area (Å²) in [4.78, 5) is 11.4. The molecule has 0 amide bonds. The smallest absolute Gasteiger partial charge is 0.130 e. The Morgan fingerprint density at radius 2 is 1.84 bits per heavy atom. The molecule has 0 N–H and O–H groups in total. The van der Waals surface area contributed by atoms with Gasteiger partial charge in [0, 0.05) is 48.9 Å². The summed E-state index contributed by atoms with van der Waals surface area (Å²) in [6, 6.07) is 10.7. The molecule has 1 spiro atoms. The second-order valence-corrected chi connectivity index (χ2v) is 8.08. The molecule has 1 unspecified atom stereocenters. The normalized spacial score (nSPS) is 22.4. The topological polar surface area (TPSA) is 38.2 Å². The molecule has 132 valence electrons. The van der Waals surface area contributed by atoms with Crippen LogP contribution in [0.2, 0.25) is 0 Å². The molecule has 4 heteroatoms. The maximum absolute atomic E-state index is 6.10. The number of benzene rings is 1. The quantitative estimate of drug-likeness (QED) is 0.838. The van der Waals surface area contributed by atoms with Gasteiger partial charge in [-0.05, 0) is 18.4 Å². The Hall–Kier alpha value is -1.78. The van der Waals surface area contributed by atoms with Gasteiger partial charge in [0.25, 0.3) is 0 Å².